The van der Waals surface area contributed by atoms with Crippen LogP contribution < -0.4 is 0 Å². The minimum atomic E-state index is -0.250. The van der Waals surface area contributed by atoms with Gasteiger partial charge in [0, 0.05) is 17.0 Å². The molecule has 1 atom stereocenters. The number of rotatable bonds is 2. The van der Waals surface area contributed by atoms with E-state index in [4.69, 9.17) is 10.8 Å². The summed E-state index contributed by atoms with van der Waals surface area (Å²) in [6.45, 7) is 0. The summed E-state index contributed by atoms with van der Waals surface area (Å²) in [5, 5.41) is 0. The minimum absolute atomic E-state index is 0.0580. The number of carbonyl (C=O) groups is 1. The molecule has 0 amide bonds. The zero-order chi connectivity index (χ0) is 15.8. The predicted octanol–water partition coefficient (Wildman–Crippen LogP) is 4.37. The van der Waals surface area contributed by atoms with Gasteiger partial charge in [-0.3, -0.25) is 4.79 Å². The smallest absolute Gasteiger partial charge is 0.193 e. The molecule has 1 unspecified atom stereocenters. The lowest BCUT2D eigenvalue weighted by atomic mass is 9.71. The van der Waals surface area contributed by atoms with Crippen LogP contribution in [0.1, 0.15) is 44.6 Å². The molecule has 4 rings (SSSR count). The second kappa shape index (κ2) is 5.30. The number of hydrogen-bond acceptors (Lipinski definition) is 2. The van der Waals surface area contributed by atoms with Gasteiger partial charge in [0.05, 0.1) is 12.2 Å². The average molecular weight is 298 g/mol. The van der Waals surface area contributed by atoms with Crippen LogP contribution >= 0.6 is 0 Å². The maximum absolute atomic E-state index is 12.8. The topological polar surface area (TPSA) is 30.2 Å². The van der Waals surface area contributed by atoms with E-state index in [1.165, 1.54) is 0 Å². The predicted molar refractivity (Wildman–Crippen MR) is 88.4 cm³/mol. The molecule has 1 heterocycles. The molecule has 2 aromatic carbocycles. The molecular weight excluding hydrogens is 284 g/mol. The summed E-state index contributed by atoms with van der Waals surface area (Å²) in [7, 11) is 0. The fourth-order valence-corrected chi connectivity index (χ4v) is 3.43. The first-order chi connectivity index (χ1) is 11.3. The molecule has 2 nitrogen and oxygen atoms in total. The van der Waals surface area contributed by atoms with Crippen LogP contribution in [-0.4, -0.2) is 5.78 Å². The highest BCUT2D eigenvalue weighted by atomic mass is 16.3. The molecule has 110 valence electrons. The van der Waals surface area contributed by atoms with Crippen LogP contribution in [0.15, 0.2) is 71.3 Å². The lowest BCUT2D eigenvalue weighted by molar-refractivity contribution is 0.103. The van der Waals surface area contributed by atoms with Crippen molar-refractivity contribution in [3.05, 3.63) is 94.9 Å². The normalized spacial score (nSPS) is 14.7. The van der Waals surface area contributed by atoms with E-state index in [0.29, 0.717) is 0 Å². The van der Waals surface area contributed by atoms with Crippen molar-refractivity contribution in [1.29, 1.82) is 0 Å². The first-order valence-corrected chi connectivity index (χ1v) is 7.53. The van der Waals surface area contributed by atoms with Gasteiger partial charge in [-0.1, -0.05) is 54.5 Å². The molecule has 0 aliphatic heterocycles. The van der Waals surface area contributed by atoms with Crippen molar-refractivity contribution in [1.82, 2.24) is 0 Å². The standard InChI is InChI=1S/C21H14O2/c1-2-14(19-12-7-13-23-19)20-15-8-3-5-10-17(15)21(22)18-11-6-4-9-16(18)20/h1,3-14,20H. The SMILES string of the molecule is C#CC(c1ccco1)C1c2ccccc2C(=O)c2ccccc21. The van der Waals surface area contributed by atoms with Crippen LogP contribution in [0.5, 0.6) is 0 Å². The van der Waals surface area contributed by atoms with E-state index in [1.807, 2.05) is 60.7 Å². The average Bonchev–Trinajstić information content (AvgIpc) is 3.13. The second-order valence-corrected chi connectivity index (χ2v) is 5.64. The van der Waals surface area contributed by atoms with Crippen molar-refractivity contribution in [3.63, 3.8) is 0 Å². The van der Waals surface area contributed by atoms with Crippen molar-refractivity contribution in [2.75, 3.05) is 0 Å². The fourth-order valence-electron chi connectivity index (χ4n) is 3.43. The van der Waals surface area contributed by atoms with Crippen molar-refractivity contribution >= 4 is 5.78 Å². The summed E-state index contributed by atoms with van der Waals surface area (Å²) in [5.74, 6) is 3.33. The molecule has 23 heavy (non-hydrogen) atoms. The Balaban J connectivity index is 1.98. The Labute approximate surface area is 134 Å². The van der Waals surface area contributed by atoms with Gasteiger partial charge < -0.3 is 4.42 Å². The van der Waals surface area contributed by atoms with E-state index in [2.05, 4.69) is 5.92 Å². The Hall–Kier alpha value is -3.05. The van der Waals surface area contributed by atoms with Gasteiger partial charge in [0.1, 0.15) is 5.76 Å². The van der Waals surface area contributed by atoms with Crippen LogP contribution in [0.2, 0.25) is 0 Å². The highest BCUT2D eigenvalue weighted by Gasteiger charge is 2.36. The maximum atomic E-state index is 12.8. The highest BCUT2D eigenvalue weighted by molar-refractivity contribution is 6.12. The van der Waals surface area contributed by atoms with E-state index < -0.39 is 0 Å². The van der Waals surface area contributed by atoms with Crippen LogP contribution in [0.4, 0.5) is 0 Å². The largest absolute Gasteiger partial charge is 0.468 e. The molecule has 0 saturated carbocycles. The Bertz CT molecular complexity index is 864. The first kappa shape index (κ1) is 13.6. The lowest BCUT2D eigenvalue weighted by Crippen LogP contribution is -2.23. The summed E-state index contributed by atoms with van der Waals surface area (Å²) in [6, 6.07) is 19.1. The van der Waals surface area contributed by atoms with Crippen LogP contribution in [-0.2, 0) is 0 Å². The van der Waals surface area contributed by atoms with Gasteiger partial charge in [0.2, 0.25) is 0 Å². The molecule has 0 fully saturated rings. The third-order valence-corrected chi connectivity index (χ3v) is 4.44. The fraction of sp³-hybridized carbons (Fsp3) is 0.0952. The zero-order valence-corrected chi connectivity index (χ0v) is 12.4. The van der Waals surface area contributed by atoms with Gasteiger partial charge in [0.15, 0.2) is 5.78 Å². The monoisotopic (exact) mass is 298 g/mol. The Morgan fingerprint density at radius 2 is 1.52 bits per heavy atom. The number of terminal acetylenes is 1. The number of carbonyl (C=O) groups excluding carboxylic acids is 1. The van der Waals surface area contributed by atoms with Gasteiger partial charge in [-0.25, -0.2) is 0 Å². The molecule has 1 aliphatic rings. The number of hydrogen-bond donors (Lipinski definition) is 0. The zero-order valence-electron chi connectivity index (χ0n) is 12.4. The van der Waals surface area contributed by atoms with Crippen molar-refractivity contribution in [2.24, 2.45) is 0 Å². The summed E-state index contributed by atoms with van der Waals surface area (Å²) in [6.07, 6.45) is 7.48. The Morgan fingerprint density at radius 1 is 0.913 bits per heavy atom. The molecule has 0 N–H and O–H groups in total. The molecule has 1 aromatic heterocycles. The third-order valence-electron chi connectivity index (χ3n) is 4.44. The van der Waals surface area contributed by atoms with Gasteiger partial charge in [-0.15, -0.1) is 6.42 Å². The molecule has 0 saturated heterocycles. The molecular formula is C21H14O2. The van der Waals surface area contributed by atoms with E-state index in [9.17, 15) is 4.79 Å². The summed E-state index contributed by atoms with van der Waals surface area (Å²) >= 11 is 0. The number of furan rings is 1. The highest BCUT2D eigenvalue weighted by Crippen LogP contribution is 2.44. The third kappa shape index (κ3) is 2.02. The van der Waals surface area contributed by atoms with Crippen molar-refractivity contribution in [2.45, 2.75) is 11.8 Å². The van der Waals surface area contributed by atoms with Crippen LogP contribution in [0.3, 0.4) is 0 Å². The summed E-state index contributed by atoms with van der Waals surface area (Å²) in [4.78, 5) is 12.8. The first-order valence-electron chi connectivity index (χ1n) is 7.53. The van der Waals surface area contributed by atoms with Gasteiger partial charge >= 0.3 is 0 Å². The van der Waals surface area contributed by atoms with Gasteiger partial charge in [0.25, 0.3) is 0 Å². The molecule has 1 aliphatic carbocycles. The Kier molecular flexibility index (Phi) is 3.13. The van der Waals surface area contributed by atoms with Crippen molar-refractivity contribution < 1.29 is 9.21 Å². The molecule has 3 aromatic rings. The van der Waals surface area contributed by atoms with Gasteiger partial charge in [-0.2, -0.15) is 0 Å². The number of benzene rings is 2. The van der Waals surface area contributed by atoms with Gasteiger partial charge in [-0.05, 0) is 23.3 Å². The van der Waals surface area contributed by atoms with Crippen molar-refractivity contribution in [3.8, 4) is 12.3 Å². The quantitative estimate of drug-likeness (QED) is 0.657. The minimum Gasteiger partial charge on any atom is -0.468 e. The van der Waals surface area contributed by atoms with Crippen LogP contribution in [0, 0.1) is 12.3 Å². The molecule has 2 heteroatoms. The van der Waals surface area contributed by atoms with E-state index in [-0.39, 0.29) is 17.6 Å². The summed E-state index contributed by atoms with van der Waals surface area (Å²) < 4.78 is 5.57. The number of fused-ring (bicyclic) bond motifs is 2. The maximum Gasteiger partial charge on any atom is 0.193 e. The number of ketones is 1. The van der Waals surface area contributed by atoms with E-state index in [1.54, 1.807) is 6.26 Å². The summed E-state index contributed by atoms with van der Waals surface area (Å²) in [5.41, 5.74) is 3.39. The molecule has 0 spiro atoms. The Morgan fingerprint density at radius 3 is 2.04 bits per heavy atom. The lowest BCUT2D eigenvalue weighted by Gasteiger charge is -2.30. The molecule has 0 radical (unpaired) electrons. The van der Waals surface area contributed by atoms with Crippen LogP contribution in [0.25, 0.3) is 0 Å². The van der Waals surface area contributed by atoms with E-state index in [0.717, 1.165) is 28.0 Å². The van der Waals surface area contributed by atoms with E-state index >= 15 is 0 Å². The second-order valence-electron chi connectivity index (χ2n) is 5.64. The molecule has 0 bridgehead atoms.